The van der Waals surface area contributed by atoms with Gasteiger partial charge >= 0.3 is 12.0 Å². The van der Waals surface area contributed by atoms with Gasteiger partial charge < -0.3 is 10.4 Å². The monoisotopic (exact) mass is 207 g/mol. The maximum Gasteiger partial charge on any atom is 0.337 e. The second-order valence-corrected chi connectivity index (χ2v) is 3.12. The third-order valence-corrected chi connectivity index (χ3v) is 2.14. The van der Waals surface area contributed by atoms with Gasteiger partial charge in [0.2, 0.25) is 0 Å². The fourth-order valence-electron chi connectivity index (χ4n) is 1.41. The average Bonchev–Trinajstić information content (AvgIpc) is 2.64. The summed E-state index contributed by atoms with van der Waals surface area (Å²) in [5, 5.41) is 11.4. The first kappa shape index (κ1) is 9.45. The highest BCUT2D eigenvalue weighted by molar-refractivity contribution is 5.95. The summed E-state index contributed by atoms with van der Waals surface area (Å²) in [6.45, 7) is 1.10. The van der Waals surface area contributed by atoms with Gasteiger partial charge in [0.15, 0.2) is 0 Å². The van der Waals surface area contributed by atoms with E-state index in [0.717, 1.165) is 0 Å². The van der Waals surface area contributed by atoms with Crippen LogP contribution in [0.3, 0.4) is 0 Å². The first-order chi connectivity index (χ1) is 7.18. The van der Waals surface area contributed by atoms with Crippen LogP contribution in [0.1, 0.15) is 10.4 Å². The number of urea groups is 1. The minimum atomic E-state index is -1.05. The summed E-state index contributed by atoms with van der Waals surface area (Å²) < 4.78 is 0. The Balaban J connectivity index is 2.32. The largest absolute Gasteiger partial charge is 0.478 e. The first-order valence-corrected chi connectivity index (χ1v) is 4.42. The lowest BCUT2D eigenvalue weighted by Crippen LogP contribution is -2.27. The number of amides is 2. The van der Waals surface area contributed by atoms with Crippen molar-refractivity contribution in [1.82, 2.24) is 10.3 Å². The van der Waals surface area contributed by atoms with Gasteiger partial charge in [-0.15, -0.1) is 0 Å². The number of carboxylic acids is 1. The van der Waals surface area contributed by atoms with E-state index >= 15 is 0 Å². The van der Waals surface area contributed by atoms with Crippen LogP contribution in [0.5, 0.6) is 0 Å². The fraction of sp³-hybridized carbons (Fsp3) is 0.222. The summed E-state index contributed by atoms with van der Waals surface area (Å²) in [4.78, 5) is 27.2. The molecule has 1 aromatic rings. The number of carbonyl (C=O) groups excluding carboxylic acids is 1. The van der Waals surface area contributed by atoms with Crippen LogP contribution >= 0.6 is 0 Å². The molecule has 1 aromatic heterocycles. The first-order valence-electron chi connectivity index (χ1n) is 4.42. The molecule has 78 valence electrons. The van der Waals surface area contributed by atoms with Gasteiger partial charge in [0.25, 0.3) is 0 Å². The minimum Gasteiger partial charge on any atom is -0.478 e. The number of nitrogens with zero attached hydrogens (tertiary/aromatic N) is 2. The molecule has 0 saturated carbocycles. The quantitative estimate of drug-likeness (QED) is 0.731. The molecule has 1 aliphatic rings. The molecular formula is C9H9N3O3. The molecule has 0 unspecified atom stereocenters. The molecular weight excluding hydrogens is 198 g/mol. The molecule has 6 heteroatoms. The van der Waals surface area contributed by atoms with Crippen molar-refractivity contribution in [2.45, 2.75) is 0 Å². The fourth-order valence-corrected chi connectivity index (χ4v) is 1.41. The third-order valence-electron chi connectivity index (χ3n) is 2.14. The summed E-state index contributed by atoms with van der Waals surface area (Å²) in [6, 6.07) is 1.21. The highest BCUT2D eigenvalue weighted by Gasteiger charge is 2.21. The van der Waals surface area contributed by atoms with Crippen molar-refractivity contribution in [3.05, 3.63) is 24.0 Å². The molecule has 2 N–H and O–H groups in total. The molecule has 6 nitrogen and oxygen atoms in total. The zero-order valence-corrected chi connectivity index (χ0v) is 7.80. The number of nitrogens with one attached hydrogen (secondary N) is 1. The number of carbonyl (C=O) groups is 2. The van der Waals surface area contributed by atoms with Crippen molar-refractivity contribution in [2.24, 2.45) is 0 Å². The van der Waals surface area contributed by atoms with Gasteiger partial charge in [-0.25, -0.2) is 9.59 Å². The zero-order valence-electron chi connectivity index (χ0n) is 7.80. The second kappa shape index (κ2) is 3.56. The van der Waals surface area contributed by atoms with Crippen LogP contribution in [0.4, 0.5) is 10.5 Å². The van der Waals surface area contributed by atoms with Crippen LogP contribution in [-0.2, 0) is 0 Å². The van der Waals surface area contributed by atoms with Gasteiger partial charge in [-0.1, -0.05) is 0 Å². The topological polar surface area (TPSA) is 82.5 Å². The molecule has 1 saturated heterocycles. The van der Waals surface area contributed by atoms with Crippen molar-refractivity contribution in [3.63, 3.8) is 0 Å². The van der Waals surface area contributed by atoms with E-state index in [2.05, 4.69) is 10.3 Å². The van der Waals surface area contributed by atoms with Crippen molar-refractivity contribution in [3.8, 4) is 0 Å². The summed E-state index contributed by atoms with van der Waals surface area (Å²) in [5.74, 6) is -1.05. The molecule has 0 aliphatic carbocycles. The van der Waals surface area contributed by atoms with E-state index in [-0.39, 0.29) is 11.6 Å². The van der Waals surface area contributed by atoms with E-state index in [1.54, 1.807) is 0 Å². The molecule has 0 aromatic carbocycles. The third kappa shape index (κ3) is 1.74. The van der Waals surface area contributed by atoms with Gasteiger partial charge in [0.1, 0.15) is 0 Å². The van der Waals surface area contributed by atoms with Crippen LogP contribution in [0.15, 0.2) is 18.5 Å². The number of carboxylic acid groups (broad SMARTS) is 1. The predicted octanol–water partition coefficient (Wildman–Crippen LogP) is 0.309. The van der Waals surface area contributed by atoms with Gasteiger partial charge in [-0.05, 0) is 6.07 Å². The molecule has 0 radical (unpaired) electrons. The normalized spacial score (nSPS) is 15.2. The van der Waals surface area contributed by atoms with E-state index < -0.39 is 5.97 Å². The Kier molecular flexibility index (Phi) is 2.24. The van der Waals surface area contributed by atoms with Crippen LogP contribution in [0, 0.1) is 0 Å². The Morgan fingerprint density at radius 1 is 1.53 bits per heavy atom. The summed E-state index contributed by atoms with van der Waals surface area (Å²) in [7, 11) is 0. The molecule has 15 heavy (non-hydrogen) atoms. The Morgan fingerprint density at radius 3 is 2.93 bits per heavy atom. The van der Waals surface area contributed by atoms with E-state index in [1.807, 2.05) is 0 Å². The summed E-state index contributed by atoms with van der Waals surface area (Å²) in [5.41, 5.74) is 0.581. The number of rotatable bonds is 2. The Bertz CT molecular complexity index is 419. The van der Waals surface area contributed by atoms with Crippen LogP contribution in [-0.4, -0.2) is 35.2 Å². The highest BCUT2D eigenvalue weighted by Crippen LogP contribution is 2.16. The van der Waals surface area contributed by atoms with Crippen molar-refractivity contribution in [1.29, 1.82) is 0 Å². The SMILES string of the molecule is O=C(O)c1cncc(N2CCNC2=O)c1. The molecule has 0 spiro atoms. The van der Waals surface area contributed by atoms with Crippen molar-refractivity contribution < 1.29 is 14.7 Å². The number of aromatic nitrogens is 1. The molecule has 2 heterocycles. The smallest absolute Gasteiger partial charge is 0.337 e. The highest BCUT2D eigenvalue weighted by atomic mass is 16.4. The molecule has 2 rings (SSSR count). The van der Waals surface area contributed by atoms with Gasteiger partial charge in [-0.2, -0.15) is 0 Å². The molecule has 2 amide bonds. The minimum absolute atomic E-state index is 0.0761. The molecule has 0 bridgehead atoms. The predicted molar refractivity (Wildman–Crippen MR) is 51.9 cm³/mol. The number of pyridine rings is 1. The summed E-state index contributed by atoms with van der Waals surface area (Å²) >= 11 is 0. The van der Waals surface area contributed by atoms with Gasteiger partial charge in [0, 0.05) is 19.3 Å². The molecule has 0 atom stereocenters. The van der Waals surface area contributed by atoms with E-state index in [9.17, 15) is 9.59 Å². The average molecular weight is 207 g/mol. The lowest BCUT2D eigenvalue weighted by molar-refractivity contribution is 0.0696. The Morgan fingerprint density at radius 2 is 2.33 bits per heavy atom. The van der Waals surface area contributed by atoms with Crippen molar-refractivity contribution >= 4 is 17.7 Å². The Hall–Kier alpha value is -2.11. The van der Waals surface area contributed by atoms with Crippen LogP contribution in [0.25, 0.3) is 0 Å². The summed E-state index contributed by atoms with van der Waals surface area (Å²) in [6.07, 6.45) is 2.72. The van der Waals surface area contributed by atoms with Crippen LogP contribution < -0.4 is 10.2 Å². The number of aromatic carboxylic acids is 1. The zero-order chi connectivity index (χ0) is 10.8. The number of hydrogen-bond donors (Lipinski definition) is 2. The number of hydrogen-bond acceptors (Lipinski definition) is 3. The maximum atomic E-state index is 11.3. The van der Waals surface area contributed by atoms with Crippen molar-refractivity contribution in [2.75, 3.05) is 18.0 Å². The van der Waals surface area contributed by atoms with E-state index in [4.69, 9.17) is 5.11 Å². The van der Waals surface area contributed by atoms with Crippen LogP contribution in [0.2, 0.25) is 0 Å². The van der Waals surface area contributed by atoms with Gasteiger partial charge in [-0.3, -0.25) is 9.88 Å². The van der Waals surface area contributed by atoms with E-state index in [0.29, 0.717) is 18.8 Å². The molecule has 1 aliphatic heterocycles. The second-order valence-electron chi connectivity index (χ2n) is 3.12. The molecule has 1 fully saturated rings. The maximum absolute atomic E-state index is 11.3. The standard InChI is InChI=1S/C9H9N3O3/c13-8(14)6-3-7(5-10-4-6)12-2-1-11-9(12)15/h3-5H,1-2H2,(H,11,15)(H,13,14). The lowest BCUT2D eigenvalue weighted by Gasteiger charge is -2.13. The lowest BCUT2D eigenvalue weighted by atomic mass is 10.2. The van der Waals surface area contributed by atoms with E-state index in [1.165, 1.54) is 23.4 Å². The Labute approximate surface area is 85.5 Å². The van der Waals surface area contributed by atoms with Gasteiger partial charge in [0.05, 0.1) is 17.4 Å². The number of anilines is 1.